The zero-order chi connectivity index (χ0) is 22.8. The summed E-state index contributed by atoms with van der Waals surface area (Å²) in [7, 11) is 0. The number of piperidine rings is 1. The lowest BCUT2D eigenvalue weighted by molar-refractivity contribution is -0.139. The van der Waals surface area contributed by atoms with Crippen LogP contribution in [0.5, 0.6) is 0 Å². The Balaban J connectivity index is 1.25. The highest BCUT2D eigenvalue weighted by atomic mass is 19.1. The number of likely N-dealkylation sites (tertiary alicyclic amines) is 1. The van der Waals surface area contributed by atoms with Crippen LogP contribution in [0, 0.1) is 5.82 Å². The van der Waals surface area contributed by atoms with Gasteiger partial charge in [0.15, 0.2) is 0 Å². The molecule has 3 fully saturated rings. The van der Waals surface area contributed by atoms with Crippen LogP contribution in [0.1, 0.15) is 23.6 Å². The van der Waals surface area contributed by atoms with Gasteiger partial charge in [0.1, 0.15) is 12.4 Å². The molecule has 174 valence electrons. The van der Waals surface area contributed by atoms with Crippen LogP contribution in [0.3, 0.4) is 0 Å². The van der Waals surface area contributed by atoms with Crippen molar-refractivity contribution < 1.29 is 18.7 Å². The number of hydrogen-bond acceptors (Lipinski definition) is 4. The van der Waals surface area contributed by atoms with Crippen LogP contribution in [0.15, 0.2) is 54.6 Å². The Hall–Kier alpha value is -2.97. The normalized spacial score (nSPS) is 24.7. The van der Waals surface area contributed by atoms with Gasteiger partial charge in [-0.3, -0.25) is 9.69 Å². The van der Waals surface area contributed by atoms with Gasteiger partial charge >= 0.3 is 6.03 Å². The highest BCUT2D eigenvalue weighted by Crippen LogP contribution is 2.30. The second-order valence-corrected chi connectivity index (χ2v) is 8.93. The number of nitrogens with one attached hydrogen (secondary N) is 1. The lowest BCUT2D eigenvalue weighted by Gasteiger charge is -2.44. The van der Waals surface area contributed by atoms with Gasteiger partial charge in [-0.15, -0.1) is 0 Å². The van der Waals surface area contributed by atoms with Crippen LogP contribution in [0.25, 0.3) is 0 Å². The van der Waals surface area contributed by atoms with E-state index in [1.165, 1.54) is 12.1 Å². The Kier molecular flexibility index (Phi) is 6.28. The van der Waals surface area contributed by atoms with Crippen molar-refractivity contribution in [3.8, 4) is 0 Å². The summed E-state index contributed by atoms with van der Waals surface area (Å²) in [6.07, 6.45) is 0.725. The Morgan fingerprint density at radius 3 is 2.36 bits per heavy atom. The maximum Gasteiger partial charge on any atom is 0.320 e. The van der Waals surface area contributed by atoms with Crippen molar-refractivity contribution in [1.82, 2.24) is 20.0 Å². The molecule has 3 aliphatic rings. The van der Waals surface area contributed by atoms with Crippen molar-refractivity contribution in [3.63, 3.8) is 0 Å². The Bertz CT molecular complexity index is 979. The number of morpholine rings is 1. The molecular formula is C25H29FN4O3. The predicted molar refractivity (Wildman–Crippen MR) is 121 cm³/mol. The maximum atomic E-state index is 13.5. The molecule has 3 saturated heterocycles. The Morgan fingerprint density at radius 1 is 0.939 bits per heavy atom. The third-order valence-corrected chi connectivity index (χ3v) is 6.85. The lowest BCUT2D eigenvalue weighted by Crippen LogP contribution is -2.63. The molecule has 3 amide bonds. The van der Waals surface area contributed by atoms with Crippen LogP contribution in [-0.4, -0.2) is 84.7 Å². The van der Waals surface area contributed by atoms with Gasteiger partial charge in [-0.25, -0.2) is 9.18 Å². The topological polar surface area (TPSA) is 65.1 Å². The van der Waals surface area contributed by atoms with E-state index in [9.17, 15) is 14.0 Å². The molecule has 2 aromatic carbocycles. The number of nitrogens with zero attached hydrogens (tertiary/aromatic N) is 3. The van der Waals surface area contributed by atoms with Gasteiger partial charge in [-0.05, 0) is 29.7 Å². The molecule has 33 heavy (non-hydrogen) atoms. The number of carbonyl (C=O) groups is 2. The van der Waals surface area contributed by atoms with E-state index in [4.69, 9.17) is 4.74 Å². The monoisotopic (exact) mass is 452 g/mol. The van der Waals surface area contributed by atoms with Crippen molar-refractivity contribution >= 4 is 11.9 Å². The number of hydrogen-bond donors (Lipinski definition) is 1. The van der Waals surface area contributed by atoms with Crippen LogP contribution >= 0.6 is 0 Å². The molecule has 3 heterocycles. The van der Waals surface area contributed by atoms with Gasteiger partial charge in [0.2, 0.25) is 5.91 Å². The van der Waals surface area contributed by atoms with Gasteiger partial charge in [0.05, 0.1) is 18.2 Å². The summed E-state index contributed by atoms with van der Waals surface area (Å²) in [5.41, 5.74) is 2.19. The second kappa shape index (κ2) is 9.49. The molecule has 5 rings (SSSR count). The van der Waals surface area contributed by atoms with E-state index in [0.717, 1.165) is 30.6 Å². The molecule has 7 nitrogen and oxygen atoms in total. The van der Waals surface area contributed by atoms with Crippen LogP contribution < -0.4 is 5.32 Å². The minimum absolute atomic E-state index is 0.00839. The average molecular weight is 453 g/mol. The molecule has 3 aliphatic heterocycles. The maximum absolute atomic E-state index is 13.5. The van der Waals surface area contributed by atoms with Gasteiger partial charge in [0, 0.05) is 39.3 Å². The highest BCUT2D eigenvalue weighted by molar-refractivity contribution is 5.79. The molecule has 0 bridgehead atoms. The zero-order valence-electron chi connectivity index (χ0n) is 18.5. The van der Waals surface area contributed by atoms with Crippen molar-refractivity contribution in [1.29, 1.82) is 0 Å². The summed E-state index contributed by atoms with van der Waals surface area (Å²) in [6, 6.07) is 16.8. The number of halogens is 1. The van der Waals surface area contributed by atoms with Crippen LogP contribution in [0.4, 0.5) is 9.18 Å². The molecule has 0 saturated carbocycles. The molecule has 8 heteroatoms. The fourth-order valence-electron chi connectivity index (χ4n) is 5.14. The summed E-state index contributed by atoms with van der Waals surface area (Å²) in [4.78, 5) is 31.0. The number of carbonyl (C=O) groups excluding carboxylic acids is 2. The molecule has 2 aromatic rings. The number of piperazine rings is 1. The Morgan fingerprint density at radius 2 is 1.64 bits per heavy atom. The van der Waals surface area contributed by atoms with Gasteiger partial charge in [0.25, 0.3) is 0 Å². The fourth-order valence-corrected chi connectivity index (χ4v) is 5.14. The quantitative estimate of drug-likeness (QED) is 0.776. The van der Waals surface area contributed by atoms with E-state index in [-0.39, 0.29) is 42.6 Å². The molecule has 3 atom stereocenters. The molecule has 3 unspecified atom stereocenters. The Labute approximate surface area is 193 Å². The molecule has 0 aromatic heterocycles. The number of fused-ring (bicyclic) bond motifs is 1. The number of ether oxygens (including phenoxy) is 1. The number of benzene rings is 2. The standard InChI is InChI=1S/C25H29FN4O3/c26-20-8-6-19(7-9-20)24(18-4-2-1-3-5-18)28-12-14-29(15-13-28)25(32)30-11-10-22-21(16-30)27-23(31)17-33-22/h1-9,21-22,24H,10-17H2,(H,27,31). The first kappa shape index (κ1) is 21.9. The minimum atomic E-state index is -0.246. The van der Waals surface area contributed by atoms with E-state index >= 15 is 0 Å². The van der Waals surface area contributed by atoms with Gasteiger partial charge in [-0.1, -0.05) is 42.5 Å². The van der Waals surface area contributed by atoms with Crippen LogP contribution in [0.2, 0.25) is 0 Å². The summed E-state index contributed by atoms with van der Waals surface area (Å²) in [5.74, 6) is -0.365. The zero-order valence-corrected chi connectivity index (χ0v) is 18.5. The fraction of sp³-hybridized carbons (Fsp3) is 0.440. The van der Waals surface area contributed by atoms with E-state index < -0.39 is 0 Å². The predicted octanol–water partition coefficient (Wildman–Crippen LogP) is 2.24. The minimum Gasteiger partial charge on any atom is -0.366 e. The first-order valence-electron chi connectivity index (χ1n) is 11.6. The van der Waals surface area contributed by atoms with Crippen molar-refractivity contribution in [2.75, 3.05) is 45.9 Å². The highest BCUT2D eigenvalue weighted by Gasteiger charge is 2.38. The first-order chi connectivity index (χ1) is 16.1. The number of amides is 3. The lowest BCUT2D eigenvalue weighted by atomic mass is 9.96. The first-order valence-corrected chi connectivity index (χ1v) is 11.6. The van der Waals surface area contributed by atoms with E-state index in [2.05, 4.69) is 22.3 Å². The van der Waals surface area contributed by atoms with Crippen LogP contribution in [-0.2, 0) is 9.53 Å². The summed E-state index contributed by atoms with van der Waals surface area (Å²) < 4.78 is 19.1. The number of rotatable bonds is 3. The number of urea groups is 1. The van der Waals surface area contributed by atoms with Crippen molar-refractivity contribution in [2.24, 2.45) is 0 Å². The SMILES string of the molecule is O=C1COC2CCN(C(=O)N3CCN(C(c4ccccc4)c4ccc(F)cc4)CC3)CC2N1. The summed E-state index contributed by atoms with van der Waals surface area (Å²) in [5, 5.41) is 2.96. The van der Waals surface area contributed by atoms with Crippen molar-refractivity contribution in [2.45, 2.75) is 24.6 Å². The summed E-state index contributed by atoms with van der Waals surface area (Å²) in [6.45, 7) is 3.92. The second-order valence-electron chi connectivity index (χ2n) is 8.93. The molecule has 1 N–H and O–H groups in total. The molecule has 0 radical (unpaired) electrons. The third-order valence-electron chi connectivity index (χ3n) is 6.85. The largest absolute Gasteiger partial charge is 0.366 e. The molecule has 0 spiro atoms. The molecular weight excluding hydrogens is 423 g/mol. The van der Waals surface area contributed by atoms with Crippen molar-refractivity contribution in [3.05, 3.63) is 71.5 Å². The molecule has 0 aliphatic carbocycles. The van der Waals surface area contributed by atoms with Gasteiger partial charge < -0.3 is 19.9 Å². The average Bonchev–Trinajstić information content (AvgIpc) is 2.85. The van der Waals surface area contributed by atoms with E-state index in [0.29, 0.717) is 26.2 Å². The van der Waals surface area contributed by atoms with E-state index in [1.54, 1.807) is 0 Å². The smallest absolute Gasteiger partial charge is 0.320 e. The summed E-state index contributed by atoms with van der Waals surface area (Å²) >= 11 is 0. The van der Waals surface area contributed by atoms with Gasteiger partial charge in [-0.2, -0.15) is 0 Å². The third kappa shape index (κ3) is 4.72. The van der Waals surface area contributed by atoms with E-state index in [1.807, 2.05) is 40.1 Å².